The average Bonchev–Trinajstić information content (AvgIpc) is 2.42. The fourth-order valence-corrected chi connectivity index (χ4v) is 1.47. The molecule has 0 amide bonds. The first-order chi connectivity index (χ1) is 9.34. The highest BCUT2D eigenvalue weighted by Gasteiger charge is 2.32. The van der Waals surface area contributed by atoms with Gasteiger partial charge in [-0.1, -0.05) is 0 Å². The van der Waals surface area contributed by atoms with Crippen LogP contribution in [0.4, 0.5) is 19.0 Å². The van der Waals surface area contributed by atoms with E-state index in [0.717, 1.165) is 22.0 Å². The summed E-state index contributed by atoms with van der Waals surface area (Å²) in [5, 5.41) is 0. The molecule has 0 bridgehead atoms. The monoisotopic (exact) mass is 395 g/mol. The number of nitrogens with two attached hydrogens (primary N) is 1. The van der Waals surface area contributed by atoms with E-state index >= 15 is 0 Å². The maximum Gasteiger partial charge on any atom is 0.417 e. The normalized spacial score (nSPS) is 10.4. The fourth-order valence-electron chi connectivity index (χ4n) is 1.15. The van der Waals surface area contributed by atoms with Crippen LogP contribution in [-0.2, 0) is 6.18 Å². The second kappa shape index (κ2) is 7.17. The standard InChI is InChI=1S/C7H4F3NO.C5H5IN2/c8-7(9,10)6-1-2-11-3-5(6)4-12;6-4-1-2-5(7)8-3-4/h1-4H;1-3H,(H2,7,8). The molecule has 8 heteroatoms. The minimum Gasteiger partial charge on any atom is -0.384 e. The quantitative estimate of drug-likeness (QED) is 0.595. The number of alkyl halides is 3. The van der Waals surface area contributed by atoms with E-state index in [2.05, 4.69) is 32.6 Å². The lowest BCUT2D eigenvalue weighted by Gasteiger charge is -2.07. The maximum atomic E-state index is 12.0. The SMILES string of the molecule is Nc1ccc(I)cn1.O=Cc1cnccc1C(F)(F)F. The summed E-state index contributed by atoms with van der Waals surface area (Å²) < 4.78 is 37.3. The van der Waals surface area contributed by atoms with E-state index in [0.29, 0.717) is 5.82 Å². The third-order valence-electron chi connectivity index (χ3n) is 2.03. The Hall–Kier alpha value is -1.71. The van der Waals surface area contributed by atoms with E-state index < -0.39 is 17.3 Å². The Morgan fingerprint density at radius 2 is 1.90 bits per heavy atom. The Morgan fingerprint density at radius 3 is 2.30 bits per heavy atom. The first-order valence-electron chi connectivity index (χ1n) is 5.18. The highest BCUT2D eigenvalue weighted by atomic mass is 127. The molecule has 2 rings (SSSR count). The predicted molar refractivity (Wildman–Crippen MR) is 76.0 cm³/mol. The summed E-state index contributed by atoms with van der Waals surface area (Å²) >= 11 is 2.18. The van der Waals surface area contributed by atoms with Crippen molar-refractivity contribution < 1.29 is 18.0 Å². The molecule has 0 aliphatic carbocycles. The highest BCUT2D eigenvalue weighted by molar-refractivity contribution is 14.1. The van der Waals surface area contributed by atoms with Crippen LogP contribution in [0, 0.1) is 3.57 Å². The van der Waals surface area contributed by atoms with Crippen LogP contribution in [-0.4, -0.2) is 16.3 Å². The Morgan fingerprint density at radius 1 is 1.20 bits per heavy atom. The van der Waals surface area contributed by atoms with Gasteiger partial charge in [-0.15, -0.1) is 0 Å². The van der Waals surface area contributed by atoms with Gasteiger partial charge in [-0.2, -0.15) is 13.2 Å². The summed E-state index contributed by atoms with van der Waals surface area (Å²) in [4.78, 5) is 17.4. The summed E-state index contributed by atoms with van der Waals surface area (Å²) in [6.07, 6.45) is -0.740. The largest absolute Gasteiger partial charge is 0.417 e. The molecule has 0 aliphatic rings. The zero-order valence-electron chi connectivity index (χ0n) is 9.93. The minimum absolute atomic E-state index is 0.135. The molecule has 106 valence electrons. The van der Waals surface area contributed by atoms with Crippen LogP contribution < -0.4 is 5.73 Å². The van der Waals surface area contributed by atoms with Gasteiger partial charge in [0.2, 0.25) is 0 Å². The predicted octanol–water partition coefficient (Wildman–Crippen LogP) is 3.18. The third-order valence-corrected chi connectivity index (χ3v) is 2.67. The fraction of sp³-hybridized carbons (Fsp3) is 0.0833. The summed E-state index contributed by atoms with van der Waals surface area (Å²) in [5.74, 6) is 0.574. The van der Waals surface area contributed by atoms with Crippen LogP contribution >= 0.6 is 22.6 Å². The summed E-state index contributed by atoms with van der Waals surface area (Å²) in [6.45, 7) is 0. The zero-order valence-corrected chi connectivity index (χ0v) is 12.1. The van der Waals surface area contributed by atoms with Crippen molar-refractivity contribution in [3.63, 3.8) is 0 Å². The topological polar surface area (TPSA) is 68.9 Å². The average molecular weight is 395 g/mol. The van der Waals surface area contributed by atoms with Gasteiger partial charge in [0.25, 0.3) is 0 Å². The van der Waals surface area contributed by atoms with E-state index in [-0.39, 0.29) is 6.29 Å². The number of aromatic nitrogens is 2. The summed E-state index contributed by atoms with van der Waals surface area (Å²) in [7, 11) is 0. The lowest BCUT2D eigenvalue weighted by molar-refractivity contribution is -0.137. The Labute approximate surface area is 126 Å². The van der Waals surface area contributed by atoms with Crippen molar-refractivity contribution in [1.82, 2.24) is 9.97 Å². The number of rotatable bonds is 1. The number of pyridine rings is 2. The summed E-state index contributed by atoms with van der Waals surface area (Å²) in [6, 6.07) is 4.47. The van der Waals surface area contributed by atoms with Gasteiger partial charge >= 0.3 is 6.18 Å². The van der Waals surface area contributed by atoms with E-state index in [1.165, 1.54) is 0 Å². The van der Waals surface area contributed by atoms with Crippen LogP contribution in [0.1, 0.15) is 15.9 Å². The molecule has 2 N–H and O–H groups in total. The van der Waals surface area contributed by atoms with Crippen LogP contribution in [0.15, 0.2) is 36.8 Å². The number of hydrogen-bond donors (Lipinski definition) is 1. The number of carbonyl (C=O) groups excluding carboxylic acids is 1. The van der Waals surface area contributed by atoms with Gasteiger partial charge in [-0.05, 0) is 40.8 Å². The van der Waals surface area contributed by atoms with Crippen LogP contribution in [0.25, 0.3) is 0 Å². The van der Waals surface area contributed by atoms with Crippen molar-refractivity contribution in [2.75, 3.05) is 5.73 Å². The van der Waals surface area contributed by atoms with Crippen molar-refractivity contribution in [3.05, 3.63) is 51.5 Å². The Kier molecular flexibility index (Phi) is 5.86. The van der Waals surface area contributed by atoms with Crippen molar-refractivity contribution in [2.45, 2.75) is 6.18 Å². The molecule has 0 spiro atoms. The van der Waals surface area contributed by atoms with E-state index in [1.807, 2.05) is 6.07 Å². The first kappa shape index (κ1) is 16.3. The lowest BCUT2D eigenvalue weighted by Crippen LogP contribution is -2.08. The number of anilines is 1. The molecule has 0 radical (unpaired) electrons. The number of nitrogens with zero attached hydrogens (tertiary/aromatic N) is 2. The highest BCUT2D eigenvalue weighted by Crippen LogP contribution is 2.30. The first-order valence-corrected chi connectivity index (χ1v) is 6.26. The molecule has 4 nitrogen and oxygen atoms in total. The van der Waals surface area contributed by atoms with Crippen molar-refractivity contribution in [1.29, 1.82) is 0 Å². The van der Waals surface area contributed by atoms with Gasteiger partial charge in [0.05, 0.1) is 5.56 Å². The second-order valence-corrected chi connectivity index (χ2v) is 4.73. The number of halogens is 4. The molecular formula is C12H9F3IN3O. The van der Waals surface area contributed by atoms with Gasteiger partial charge in [0.1, 0.15) is 5.82 Å². The van der Waals surface area contributed by atoms with E-state index in [9.17, 15) is 18.0 Å². The number of aldehydes is 1. The molecule has 0 unspecified atom stereocenters. The van der Waals surface area contributed by atoms with Gasteiger partial charge in [0.15, 0.2) is 6.29 Å². The van der Waals surface area contributed by atoms with Crippen LogP contribution in [0.5, 0.6) is 0 Å². The molecule has 2 aromatic rings. The number of nitrogen functional groups attached to an aromatic ring is 1. The molecule has 20 heavy (non-hydrogen) atoms. The number of carbonyl (C=O) groups is 1. The molecule has 0 saturated heterocycles. The van der Waals surface area contributed by atoms with Crippen LogP contribution in [0.3, 0.4) is 0 Å². The van der Waals surface area contributed by atoms with Crippen molar-refractivity contribution >= 4 is 34.7 Å². The molecule has 0 aromatic carbocycles. The lowest BCUT2D eigenvalue weighted by atomic mass is 10.1. The third kappa shape index (κ3) is 5.11. The molecule has 0 saturated carbocycles. The summed E-state index contributed by atoms with van der Waals surface area (Å²) in [5.41, 5.74) is 3.92. The van der Waals surface area contributed by atoms with Gasteiger partial charge in [-0.3, -0.25) is 9.78 Å². The van der Waals surface area contributed by atoms with E-state index in [4.69, 9.17) is 5.73 Å². The van der Waals surface area contributed by atoms with Crippen molar-refractivity contribution in [2.24, 2.45) is 0 Å². The van der Waals surface area contributed by atoms with Gasteiger partial charge in [0, 0.05) is 27.7 Å². The second-order valence-electron chi connectivity index (χ2n) is 3.48. The minimum atomic E-state index is -4.49. The molecule has 0 aliphatic heterocycles. The maximum absolute atomic E-state index is 12.0. The van der Waals surface area contributed by atoms with Gasteiger partial charge in [-0.25, -0.2) is 4.98 Å². The van der Waals surface area contributed by atoms with Crippen molar-refractivity contribution in [3.8, 4) is 0 Å². The molecular weight excluding hydrogens is 386 g/mol. The Bertz CT molecular complexity index is 552. The smallest absolute Gasteiger partial charge is 0.384 e. The van der Waals surface area contributed by atoms with Gasteiger partial charge < -0.3 is 5.73 Å². The molecule has 0 atom stereocenters. The van der Waals surface area contributed by atoms with E-state index in [1.54, 1.807) is 12.3 Å². The Balaban J connectivity index is 0.000000217. The molecule has 2 aromatic heterocycles. The zero-order chi connectivity index (χ0) is 15.2. The molecule has 0 fully saturated rings. The van der Waals surface area contributed by atoms with Crippen LogP contribution in [0.2, 0.25) is 0 Å². The number of hydrogen-bond acceptors (Lipinski definition) is 4. The molecule has 2 heterocycles.